The molecule has 1 aliphatic rings. The first-order chi connectivity index (χ1) is 16.5. The first-order valence-electron chi connectivity index (χ1n) is 11.1. The Morgan fingerprint density at radius 1 is 1.03 bits per heavy atom. The average Bonchev–Trinajstić information content (AvgIpc) is 3.33. The summed E-state index contributed by atoms with van der Waals surface area (Å²) >= 11 is 1.34. The van der Waals surface area contributed by atoms with E-state index in [2.05, 4.69) is 15.6 Å². The number of nitrogens with zero attached hydrogens (tertiary/aromatic N) is 1. The predicted molar refractivity (Wildman–Crippen MR) is 127 cm³/mol. The minimum Gasteiger partial charge on any atom is -0.493 e. The van der Waals surface area contributed by atoms with Gasteiger partial charge in [-0.15, -0.1) is 11.3 Å². The molecule has 0 bridgehead atoms. The Morgan fingerprint density at radius 3 is 2.44 bits per heavy atom. The summed E-state index contributed by atoms with van der Waals surface area (Å²) < 4.78 is 24.5. The summed E-state index contributed by atoms with van der Waals surface area (Å²) in [4.78, 5) is 29.8. The van der Waals surface area contributed by atoms with Crippen molar-refractivity contribution in [3.05, 3.63) is 76.0 Å². The van der Waals surface area contributed by atoms with Gasteiger partial charge < -0.3 is 20.1 Å². The van der Waals surface area contributed by atoms with Gasteiger partial charge in [0, 0.05) is 23.0 Å². The zero-order valence-corrected chi connectivity index (χ0v) is 19.6. The summed E-state index contributed by atoms with van der Waals surface area (Å²) in [6, 6.07) is 12.4. The average molecular weight is 484 g/mol. The van der Waals surface area contributed by atoms with Gasteiger partial charge in [0.2, 0.25) is 0 Å². The molecule has 2 amide bonds. The maximum atomic E-state index is 13.5. The Balaban J connectivity index is 1.35. The Labute approximate surface area is 201 Å². The second-order valence-electron chi connectivity index (χ2n) is 8.02. The highest BCUT2D eigenvalue weighted by Crippen LogP contribution is 2.27. The van der Waals surface area contributed by atoms with Gasteiger partial charge in [-0.05, 0) is 43.2 Å². The summed E-state index contributed by atoms with van der Waals surface area (Å²) in [6.45, 7) is 0.216. The fourth-order valence-corrected chi connectivity index (χ4v) is 4.64. The smallest absolute Gasteiger partial charge is 0.271 e. The number of rotatable bonds is 8. The van der Waals surface area contributed by atoms with Crippen molar-refractivity contribution in [1.82, 2.24) is 15.6 Å². The first kappa shape index (κ1) is 23.7. The van der Waals surface area contributed by atoms with Crippen LogP contribution in [0.1, 0.15) is 51.5 Å². The highest BCUT2D eigenvalue weighted by molar-refractivity contribution is 7.09. The van der Waals surface area contributed by atoms with Crippen LogP contribution < -0.4 is 20.1 Å². The SMILES string of the molecule is COc1ccccc1OCc1nc(C(=O)N[C@H]2CCCC[C@H]2NC(=O)c2cccc(F)c2)cs1. The van der Waals surface area contributed by atoms with E-state index in [1.54, 1.807) is 24.6 Å². The fraction of sp³-hybridized carbons (Fsp3) is 0.320. The van der Waals surface area contributed by atoms with Crippen molar-refractivity contribution in [2.45, 2.75) is 44.4 Å². The summed E-state index contributed by atoms with van der Waals surface area (Å²) in [5, 5.41) is 8.32. The number of aromatic nitrogens is 1. The van der Waals surface area contributed by atoms with Gasteiger partial charge in [-0.2, -0.15) is 0 Å². The molecule has 0 aliphatic heterocycles. The molecule has 34 heavy (non-hydrogen) atoms. The van der Waals surface area contributed by atoms with E-state index in [1.165, 1.54) is 29.5 Å². The number of methoxy groups -OCH3 is 1. The van der Waals surface area contributed by atoms with Crippen molar-refractivity contribution in [3.63, 3.8) is 0 Å². The number of benzene rings is 2. The Hall–Kier alpha value is -3.46. The molecule has 2 atom stereocenters. The van der Waals surface area contributed by atoms with Crippen LogP contribution >= 0.6 is 11.3 Å². The van der Waals surface area contributed by atoms with Crippen LogP contribution in [0.5, 0.6) is 11.5 Å². The third-order valence-electron chi connectivity index (χ3n) is 5.69. The minimum absolute atomic E-state index is 0.216. The lowest BCUT2D eigenvalue weighted by Crippen LogP contribution is -2.53. The van der Waals surface area contributed by atoms with Crippen molar-refractivity contribution in [2.75, 3.05) is 7.11 Å². The van der Waals surface area contributed by atoms with E-state index in [-0.39, 0.29) is 36.1 Å². The van der Waals surface area contributed by atoms with Crippen LogP contribution in [-0.4, -0.2) is 36.0 Å². The molecule has 0 radical (unpaired) electrons. The third-order valence-corrected chi connectivity index (χ3v) is 6.51. The standard InChI is InChI=1S/C25H26FN3O4S/c1-32-21-11-4-5-12-22(21)33-14-23-27-20(15-34-23)25(31)29-19-10-3-2-9-18(19)28-24(30)16-7-6-8-17(26)13-16/h4-8,11-13,15,18-19H,2-3,9-10,14H2,1H3,(H,28,30)(H,29,31)/t18-,19+/m1/s1. The van der Waals surface area contributed by atoms with Gasteiger partial charge in [0.1, 0.15) is 23.1 Å². The lowest BCUT2D eigenvalue weighted by molar-refractivity contribution is 0.0860. The number of carbonyl (C=O) groups is 2. The van der Waals surface area contributed by atoms with Crippen LogP contribution in [0.2, 0.25) is 0 Å². The lowest BCUT2D eigenvalue weighted by Gasteiger charge is -2.32. The summed E-state index contributed by atoms with van der Waals surface area (Å²) in [5.74, 6) is 0.118. The topological polar surface area (TPSA) is 89.6 Å². The highest BCUT2D eigenvalue weighted by atomic mass is 32.1. The van der Waals surface area contributed by atoms with Crippen LogP contribution in [0, 0.1) is 5.82 Å². The fourth-order valence-electron chi connectivity index (χ4n) is 3.96. The molecule has 1 aliphatic carbocycles. The molecule has 1 aromatic heterocycles. The molecule has 0 unspecified atom stereocenters. The van der Waals surface area contributed by atoms with Gasteiger partial charge in [-0.25, -0.2) is 9.37 Å². The number of ether oxygens (including phenoxy) is 2. The van der Waals surface area contributed by atoms with Gasteiger partial charge in [-0.1, -0.05) is 31.0 Å². The van der Waals surface area contributed by atoms with Crippen LogP contribution in [0.3, 0.4) is 0 Å². The number of nitrogens with one attached hydrogen (secondary N) is 2. The number of amides is 2. The molecule has 178 valence electrons. The van der Waals surface area contributed by atoms with E-state index in [9.17, 15) is 14.0 Å². The number of carbonyl (C=O) groups excluding carboxylic acids is 2. The largest absolute Gasteiger partial charge is 0.493 e. The van der Waals surface area contributed by atoms with E-state index >= 15 is 0 Å². The number of hydrogen-bond donors (Lipinski definition) is 2. The molecular weight excluding hydrogens is 457 g/mol. The molecule has 1 saturated carbocycles. The molecule has 2 aromatic carbocycles. The Morgan fingerprint density at radius 2 is 1.74 bits per heavy atom. The van der Waals surface area contributed by atoms with Crippen LogP contribution in [-0.2, 0) is 6.61 Å². The summed E-state index contributed by atoms with van der Waals surface area (Å²) in [5.41, 5.74) is 0.569. The minimum atomic E-state index is -0.463. The quantitative estimate of drug-likeness (QED) is 0.498. The van der Waals surface area contributed by atoms with E-state index < -0.39 is 5.82 Å². The van der Waals surface area contributed by atoms with Crippen LogP contribution in [0.25, 0.3) is 0 Å². The molecule has 3 aromatic rings. The molecule has 9 heteroatoms. The van der Waals surface area contributed by atoms with Gasteiger partial charge >= 0.3 is 0 Å². The van der Waals surface area contributed by atoms with Crippen molar-refractivity contribution >= 4 is 23.2 Å². The Kier molecular flexibility index (Phi) is 7.74. The molecule has 7 nitrogen and oxygen atoms in total. The molecule has 1 heterocycles. The van der Waals surface area contributed by atoms with Crippen molar-refractivity contribution in [1.29, 1.82) is 0 Å². The normalized spacial score (nSPS) is 17.6. The first-order valence-corrected chi connectivity index (χ1v) is 12.0. The van der Waals surface area contributed by atoms with E-state index in [0.717, 1.165) is 25.7 Å². The molecular formula is C25H26FN3O4S. The molecule has 1 fully saturated rings. The molecule has 4 rings (SSSR count). The summed E-state index contributed by atoms with van der Waals surface area (Å²) in [6.07, 6.45) is 3.38. The maximum Gasteiger partial charge on any atom is 0.271 e. The van der Waals surface area contributed by atoms with Gasteiger partial charge in [-0.3, -0.25) is 9.59 Å². The Bertz CT molecular complexity index is 1150. The van der Waals surface area contributed by atoms with Crippen molar-refractivity contribution < 1.29 is 23.5 Å². The summed E-state index contributed by atoms with van der Waals surface area (Å²) in [7, 11) is 1.58. The number of thiazole rings is 1. The van der Waals surface area contributed by atoms with Crippen molar-refractivity contribution in [3.8, 4) is 11.5 Å². The van der Waals surface area contributed by atoms with E-state index in [4.69, 9.17) is 9.47 Å². The number of halogens is 1. The molecule has 0 spiro atoms. The maximum absolute atomic E-state index is 13.5. The molecule has 2 N–H and O–H groups in total. The number of hydrogen-bond acceptors (Lipinski definition) is 6. The van der Waals surface area contributed by atoms with Gasteiger partial charge in [0.15, 0.2) is 11.5 Å². The zero-order valence-electron chi connectivity index (χ0n) is 18.8. The third kappa shape index (κ3) is 5.91. The van der Waals surface area contributed by atoms with E-state index in [1.807, 2.05) is 18.2 Å². The second kappa shape index (κ2) is 11.1. The zero-order chi connectivity index (χ0) is 23.9. The predicted octanol–water partition coefficient (Wildman–Crippen LogP) is 4.34. The monoisotopic (exact) mass is 483 g/mol. The number of para-hydroxylation sites is 2. The van der Waals surface area contributed by atoms with Crippen LogP contribution in [0.15, 0.2) is 53.9 Å². The van der Waals surface area contributed by atoms with Gasteiger partial charge in [0.25, 0.3) is 11.8 Å². The van der Waals surface area contributed by atoms with Crippen LogP contribution in [0.4, 0.5) is 4.39 Å². The van der Waals surface area contributed by atoms with Crippen molar-refractivity contribution in [2.24, 2.45) is 0 Å². The highest BCUT2D eigenvalue weighted by Gasteiger charge is 2.29. The second-order valence-corrected chi connectivity index (χ2v) is 8.96. The van der Waals surface area contributed by atoms with Gasteiger partial charge in [0.05, 0.1) is 7.11 Å². The lowest BCUT2D eigenvalue weighted by atomic mass is 9.90. The molecule has 0 saturated heterocycles. The van der Waals surface area contributed by atoms with E-state index in [0.29, 0.717) is 22.2 Å².